The monoisotopic (exact) mass is 368 g/mol. The summed E-state index contributed by atoms with van der Waals surface area (Å²) in [5.74, 6) is 2.10. The fourth-order valence-electron chi connectivity index (χ4n) is 2.00. The Kier molecular flexibility index (Phi) is 4.53. The molecule has 2 aliphatic rings. The first kappa shape index (κ1) is 14.2. The average Bonchev–Trinajstić information content (AvgIpc) is 2.84. The Hall–Kier alpha value is -0.720. The number of aliphatic imine (C=N–C) groups is 1. The van der Waals surface area contributed by atoms with Crippen molar-refractivity contribution in [1.82, 2.24) is 4.90 Å². The zero-order chi connectivity index (χ0) is 13.9. The van der Waals surface area contributed by atoms with Gasteiger partial charge in [0.25, 0.3) is 5.91 Å². The van der Waals surface area contributed by atoms with E-state index in [2.05, 4.69) is 25.8 Å². The standard InChI is InChI=1S/C14H13BrN2OS2/c15-11-3-1-10(2-4-11)9-12-13(18)16-14(20-12)17-5-7-19-8-6-17/h1-4,9H,5-8H2/b12-9-. The molecule has 3 rings (SSSR count). The fourth-order valence-corrected chi connectivity index (χ4v) is 4.13. The average molecular weight is 369 g/mol. The number of rotatable bonds is 1. The van der Waals surface area contributed by atoms with E-state index in [0.29, 0.717) is 4.91 Å². The fraction of sp³-hybridized carbons (Fsp3) is 0.286. The van der Waals surface area contributed by atoms with Crippen LogP contribution in [0.5, 0.6) is 0 Å². The molecule has 1 aromatic rings. The van der Waals surface area contributed by atoms with Gasteiger partial charge in [-0.3, -0.25) is 4.79 Å². The number of carbonyl (C=O) groups is 1. The van der Waals surface area contributed by atoms with Crippen LogP contribution >= 0.6 is 39.5 Å². The molecule has 104 valence electrons. The van der Waals surface area contributed by atoms with Crippen molar-refractivity contribution in [2.75, 3.05) is 24.6 Å². The highest BCUT2D eigenvalue weighted by atomic mass is 79.9. The van der Waals surface area contributed by atoms with Crippen molar-refractivity contribution in [2.24, 2.45) is 4.99 Å². The summed E-state index contributed by atoms with van der Waals surface area (Å²) in [7, 11) is 0. The Bertz CT molecular complexity index is 577. The van der Waals surface area contributed by atoms with Gasteiger partial charge in [-0.1, -0.05) is 28.1 Å². The molecule has 1 fully saturated rings. The second-order valence-electron chi connectivity index (χ2n) is 4.46. The van der Waals surface area contributed by atoms with E-state index in [-0.39, 0.29) is 5.91 Å². The van der Waals surface area contributed by atoms with Gasteiger partial charge >= 0.3 is 0 Å². The van der Waals surface area contributed by atoms with Gasteiger partial charge in [0.1, 0.15) is 0 Å². The van der Waals surface area contributed by atoms with E-state index in [4.69, 9.17) is 0 Å². The number of nitrogens with zero attached hydrogens (tertiary/aromatic N) is 2. The third-order valence-electron chi connectivity index (χ3n) is 3.06. The van der Waals surface area contributed by atoms with Crippen LogP contribution in [0.2, 0.25) is 0 Å². The minimum absolute atomic E-state index is 0.119. The maximum absolute atomic E-state index is 12.0. The van der Waals surface area contributed by atoms with Crippen molar-refractivity contribution in [2.45, 2.75) is 0 Å². The Morgan fingerprint density at radius 2 is 1.90 bits per heavy atom. The highest BCUT2D eigenvalue weighted by molar-refractivity contribution is 9.10. The summed E-state index contributed by atoms with van der Waals surface area (Å²) in [4.78, 5) is 19.1. The van der Waals surface area contributed by atoms with Crippen molar-refractivity contribution in [3.8, 4) is 0 Å². The van der Waals surface area contributed by atoms with Gasteiger partial charge in [-0.25, -0.2) is 0 Å². The van der Waals surface area contributed by atoms with E-state index in [1.807, 2.05) is 42.1 Å². The molecule has 1 aromatic carbocycles. The Balaban J connectivity index is 1.74. The molecule has 0 atom stereocenters. The van der Waals surface area contributed by atoms with Gasteiger partial charge in [0.15, 0.2) is 5.17 Å². The maximum atomic E-state index is 12.0. The Labute approximate surface area is 135 Å². The van der Waals surface area contributed by atoms with Gasteiger partial charge < -0.3 is 4.90 Å². The largest absolute Gasteiger partial charge is 0.349 e. The molecule has 0 spiro atoms. The molecule has 0 unspecified atom stereocenters. The van der Waals surface area contributed by atoms with Crippen LogP contribution in [0.15, 0.2) is 38.6 Å². The van der Waals surface area contributed by atoms with Gasteiger partial charge in [-0.15, -0.1) is 0 Å². The van der Waals surface area contributed by atoms with Crippen molar-refractivity contribution >= 4 is 56.6 Å². The third-order valence-corrected chi connectivity index (χ3v) is 5.57. The molecule has 2 heterocycles. The van der Waals surface area contributed by atoms with E-state index >= 15 is 0 Å². The van der Waals surface area contributed by atoms with Crippen LogP contribution in [0, 0.1) is 0 Å². The number of amides is 1. The summed E-state index contributed by atoms with van der Waals surface area (Å²) in [6, 6.07) is 7.92. The molecular formula is C14H13BrN2OS2. The van der Waals surface area contributed by atoms with Crippen molar-refractivity contribution in [3.63, 3.8) is 0 Å². The summed E-state index contributed by atoms with van der Waals surface area (Å²) in [5.41, 5.74) is 1.02. The van der Waals surface area contributed by atoms with Crippen LogP contribution in [0.1, 0.15) is 5.56 Å². The van der Waals surface area contributed by atoms with E-state index in [0.717, 1.165) is 39.8 Å². The zero-order valence-corrected chi connectivity index (χ0v) is 13.9. The van der Waals surface area contributed by atoms with Crippen molar-refractivity contribution < 1.29 is 4.79 Å². The second-order valence-corrected chi connectivity index (χ2v) is 7.61. The first-order valence-electron chi connectivity index (χ1n) is 6.33. The molecule has 2 aliphatic heterocycles. The van der Waals surface area contributed by atoms with Crippen LogP contribution in [0.4, 0.5) is 0 Å². The Morgan fingerprint density at radius 3 is 2.60 bits per heavy atom. The van der Waals surface area contributed by atoms with Gasteiger partial charge in [-0.05, 0) is 35.5 Å². The highest BCUT2D eigenvalue weighted by Gasteiger charge is 2.26. The molecule has 6 heteroatoms. The third kappa shape index (κ3) is 3.30. The summed E-state index contributed by atoms with van der Waals surface area (Å²) in [5, 5.41) is 0.860. The first-order valence-corrected chi connectivity index (χ1v) is 9.09. The van der Waals surface area contributed by atoms with Crippen LogP contribution in [0.3, 0.4) is 0 Å². The van der Waals surface area contributed by atoms with Crippen LogP contribution in [0.25, 0.3) is 6.08 Å². The predicted octanol–water partition coefficient (Wildman–Crippen LogP) is 3.47. The topological polar surface area (TPSA) is 32.7 Å². The molecule has 0 N–H and O–H groups in total. The highest BCUT2D eigenvalue weighted by Crippen LogP contribution is 2.31. The van der Waals surface area contributed by atoms with Crippen molar-refractivity contribution in [1.29, 1.82) is 0 Å². The number of halogens is 1. The number of hydrogen-bond acceptors (Lipinski definition) is 4. The number of carbonyl (C=O) groups excluding carboxylic acids is 1. The van der Waals surface area contributed by atoms with Gasteiger partial charge in [0, 0.05) is 29.1 Å². The molecule has 1 saturated heterocycles. The molecule has 0 aromatic heterocycles. The van der Waals surface area contributed by atoms with Gasteiger partial charge in [0.2, 0.25) is 0 Å². The molecule has 0 radical (unpaired) electrons. The number of hydrogen-bond donors (Lipinski definition) is 0. The van der Waals surface area contributed by atoms with Crippen LogP contribution in [-0.2, 0) is 4.79 Å². The summed E-state index contributed by atoms with van der Waals surface area (Å²) < 4.78 is 1.04. The summed E-state index contributed by atoms with van der Waals surface area (Å²) >= 11 is 6.85. The Morgan fingerprint density at radius 1 is 1.20 bits per heavy atom. The van der Waals surface area contributed by atoms with Gasteiger partial charge in [0.05, 0.1) is 4.91 Å². The second kappa shape index (κ2) is 6.37. The lowest BCUT2D eigenvalue weighted by atomic mass is 10.2. The van der Waals surface area contributed by atoms with Crippen LogP contribution < -0.4 is 0 Å². The number of benzene rings is 1. The van der Waals surface area contributed by atoms with Gasteiger partial charge in [-0.2, -0.15) is 16.8 Å². The summed E-state index contributed by atoms with van der Waals surface area (Å²) in [6.07, 6.45) is 1.91. The smallest absolute Gasteiger partial charge is 0.286 e. The van der Waals surface area contributed by atoms with Crippen molar-refractivity contribution in [3.05, 3.63) is 39.2 Å². The lowest BCUT2D eigenvalue weighted by Crippen LogP contribution is -2.35. The zero-order valence-electron chi connectivity index (χ0n) is 10.7. The molecule has 1 amide bonds. The van der Waals surface area contributed by atoms with Crippen LogP contribution in [-0.4, -0.2) is 40.6 Å². The van der Waals surface area contributed by atoms with E-state index < -0.39 is 0 Å². The molecule has 3 nitrogen and oxygen atoms in total. The quantitative estimate of drug-likeness (QED) is 0.710. The van der Waals surface area contributed by atoms with E-state index in [1.54, 1.807) is 0 Å². The number of thioether (sulfide) groups is 2. The van der Waals surface area contributed by atoms with E-state index in [9.17, 15) is 4.79 Å². The minimum Gasteiger partial charge on any atom is -0.349 e. The first-order chi connectivity index (χ1) is 9.72. The summed E-state index contributed by atoms with van der Waals surface area (Å²) in [6.45, 7) is 1.96. The SMILES string of the molecule is O=C1N=C(N2CCSCC2)S/C1=C\c1ccc(Br)cc1. The lowest BCUT2D eigenvalue weighted by Gasteiger charge is -2.26. The molecule has 0 bridgehead atoms. The lowest BCUT2D eigenvalue weighted by molar-refractivity contribution is -0.113. The molecule has 0 saturated carbocycles. The number of amidine groups is 1. The maximum Gasteiger partial charge on any atom is 0.286 e. The molecular weight excluding hydrogens is 356 g/mol. The minimum atomic E-state index is -0.119. The predicted molar refractivity (Wildman–Crippen MR) is 91.1 cm³/mol. The normalized spacial score (nSPS) is 21.4. The van der Waals surface area contributed by atoms with E-state index in [1.165, 1.54) is 11.8 Å². The molecule has 0 aliphatic carbocycles. The molecule has 20 heavy (non-hydrogen) atoms.